The lowest BCUT2D eigenvalue weighted by Gasteiger charge is -2.24. The van der Waals surface area contributed by atoms with Crippen molar-refractivity contribution in [2.75, 3.05) is 11.9 Å². The Morgan fingerprint density at radius 3 is 2.67 bits per heavy atom. The van der Waals surface area contributed by atoms with E-state index < -0.39 is 0 Å². The number of nitrogens with zero attached hydrogens (tertiary/aromatic N) is 3. The number of hydrogen-bond acceptors (Lipinski definition) is 4. The van der Waals surface area contributed by atoms with Gasteiger partial charge in [-0.2, -0.15) is 0 Å². The second-order valence-electron chi connectivity index (χ2n) is 3.85. The van der Waals surface area contributed by atoms with Gasteiger partial charge in [0.15, 0.2) is 0 Å². The molecule has 1 unspecified atom stereocenters. The molecule has 0 fully saturated rings. The van der Waals surface area contributed by atoms with Crippen LogP contribution in [0.1, 0.15) is 31.5 Å². The third-order valence-electron chi connectivity index (χ3n) is 2.86. The normalized spacial score (nSPS) is 12.6. The third-order valence-corrected chi connectivity index (χ3v) is 2.86. The lowest BCUT2D eigenvalue weighted by atomic mass is 10.2. The van der Waals surface area contributed by atoms with Crippen LogP contribution in [-0.2, 0) is 6.54 Å². The summed E-state index contributed by atoms with van der Waals surface area (Å²) in [5.41, 5.74) is 7.55. The lowest BCUT2D eigenvalue weighted by Crippen LogP contribution is -2.30. The molecule has 0 aromatic carbocycles. The number of aryl methyl sites for hydroxylation is 1. The van der Waals surface area contributed by atoms with Crippen LogP contribution in [0.25, 0.3) is 0 Å². The minimum absolute atomic E-state index is 0.452. The van der Waals surface area contributed by atoms with E-state index in [2.05, 4.69) is 28.7 Å². The highest BCUT2D eigenvalue weighted by molar-refractivity contribution is 5.32. The van der Waals surface area contributed by atoms with Crippen molar-refractivity contribution in [2.45, 2.75) is 39.8 Å². The van der Waals surface area contributed by atoms with E-state index in [0.29, 0.717) is 12.6 Å². The fourth-order valence-corrected chi connectivity index (χ4v) is 1.32. The average Bonchev–Trinajstić information content (AvgIpc) is 2.26. The molecule has 0 bridgehead atoms. The molecule has 0 saturated heterocycles. The highest BCUT2D eigenvalue weighted by Gasteiger charge is 2.11. The van der Waals surface area contributed by atoms with Gasteiger partial charge in [0.05, 0.1) is 0 Å². The van der Waals surface area contributed by atoms with Crippen LogP contribution in [0.15, 0.2) is 6.20 Å². The quantitative estimate of drug-likeness (QED) is 0.814. The van der Waals surface area contributed by atoms with Crippen molar-refractivity contribution in [2.24, 2.45) is 5.73 Å². The minimum Gasteiger partial charge on any atom is -0.341 e. The Morgan fingerprint density at radius 1 is 1.53 bits per heavy atom. The predicted octanol–water partition coefficient (Wildman–Crippen LogP) is 1.48. The van der Waals surface area contributed by atoms with Crippen LogP contribution in [0.2, 0.25) is 0 Å². The van der Waals surface area contributed by atoms with Gasteiger partial charge < -0.3 is 10.6 Å². The first-order valence-electron chi connectivity index (χ1n) is 5.35. The molecule has 1 aromatic heterocycles. The molecule has 2 N–H and O–H groups in total. The monoisotopic (exact) mass is 208 g/mol. The van der Waals surface area contributed by atoms with Gasteiger partial charge in [-0.1, -0.05) is 6.92 Å². The molecule has 1 atom stereocenters. The standard InChI is InChI=1S/C11H20N4/c1-5-8(2)15(4)11-13-7-10(6-12)9(3)14-11/h7-8H,5-6,12H2,1-4H3. The maximum Gasteiger partial charge on any atom is 0.225 e. The molecule has 4 nitrogen and oxygen atoms in total. The number of nitrogens with two attached hydrogens (primary N) is 1. The molecule has 1 aromatic rings. The number of hydrogen-bond donors (Lipinski definition) is 1. The Labute approximate surface area is 91.5 Å². The molecular weight excluding hydrogens is 188 g/mol. The lowest BCUT2D eigenvalue weighted by molar-refractivity contribution is 0.646. The summed E-state index contributed by atoms with van der Waals surface area (Å²) in [7, 11) is 2.02. The van der Waals surface area contributed by atoms with Crippen molar-refractivity contribution in [3.8, 4) is 0 Å². The summed E-state index contributed by atoms with van der Waals surface area (Å²) in [6.45, 7) is 6.79. The van der Waals surface area contributed by atoms with Gasteiger partial charge in [0.1, 0.15) is 0 Å². The molecule has 0 radical (unpaired) electrons. The molecule has 4 heteroatoms. The molecule has 1 rings (SSSR count). The number of rotatable bonds is 4. The Bertz CT molecular complexity index is 324. The fraction of sp³-hybridized carbons (Fsp3) is 0.636. The van der Waals surface area contributed by atoms with Crippen molar-refractivity contribution in [1.29, 1.82) is 0 Å². The van der Waals surface area contributed by atoms with Gasteiger partial charge in [0.2, 0.25) is 5.95 Å². The van der Waals surface area contributed by atoms with Crippen molar-refractivity contribution < 1.29 is 0 Å². The number of anilines is 1. The van der Waals surface area contributed by atoms with Gasteiger partial charge in [-0.15, -0.1) is 0 Å². The SMILES string of the molecule is CCC(C)N(C)c1ncc(CN)c(C)n1. The van der Waals surface area contributed by atoms with E-state index in [9.17, 15) is 0 Å². The largest absolute Gasteiger partial charge is 0.341 e. The first-order chi connectivity index (χ1) is 7.10. The van der Waals surface area contributed by atoms with E-state index in [1.165, 1.54) is 0 Å². The van der Waals surface area contributed by atoms with Crippen LogP contribution >= 0.6 is 0 Å². The highest BCUT2D eigenvalue weighted by Crippen LogP contribution is 2.13. The van der Waals surface area contributed by atoms with Crippen LogP contribution in [0.3, 0.4) is 0 Å². The van der Waals surface area contributed by atoms with E-state index in [1.54, 1.807) is 0 Å². The molecule has 1 heterocycles. The van der Waals surface area contributed by atoms with Crippen molar-refractivity contribution in [3.63, 3.8) is 0 Å². The van der Waals surface area contributed by atoms with Gasteiger partial charge in [-0.3, -0.25) is 0 Å². The van der Waals surface area contributed by atoms with Gasteiger partial charge in [-0.25, -0.2) is 9.97 Å². The molecule has 84 valence electrons. The summed E-state index contributed by atoms with van der Waals surface area (Å²) in [4.78, 5) is 10.9. The topological polar surface area (TPSA) is 55.0 Å². The van der Waals surface area contributed by atoms with Crippen molar-refractivity contribution >= 4 is 5.95 Å². The summed E-state index contributed by atoms with van der Waals surface area (Å²) in [6.07, 6.45) is 2.90. The Balaban J connectivity index is 2.92. The first-order valence-corrected chi connectivity index (χ1v) is 5.35. The number of aromatic nitrogens is 2. The minimum atomic E-state index is 0.452. The molecule has 0 spiro atoms. The van der Waals surface area contributed by atoms with E-state index in [0.717, 1.165) is 23.6 Å². The van der Waals surface area contributed by atoms with E-state index in [4.69, 9.17) is 5.73 Å². The Kier molecular flexibility index (Phi) is 4.03. The summed E-state index contributed by atoms with van der Waals surface area (Å²) < 4.78 is 0. The van der Waals surface area contributed by atoms with Gasteiger partial charge in [-0.05, 0) is 20.3 Å². The van der Waals surface area contributed by atoms with Crippen LogP contribution < -0.4 is 10.6 Å². The molecule has 0 aliphatic rings. The maximum absolute atomic E-state index is 5.57. The molecule has 0 amide bonds. The third kappa shape index (κ3) is 2.65. The van der Waals surface area contributed by atoms with E-state index in [1.807, 2.05) is 20.2 Å². The first kappa shape index (κ1) is 11.9. The van der Waals surface area contributed by atoms with Crippen molar-refractivity contribution in [1.82, 2.24) is 9.97 Å². The van der Waals surface area contributed by atoms with Crippen LogP contribution in [0.5, 0.6) is 0 Å². The van der Waals surface area contributed by atoms with Crippen molar-refractivity contribution in [3.05, 3.63) is 17.5 Å². The zero-order valence-corrected chi connectivity index (χ0v) is 9.99. The van der Waals surface area contributed by atoms with Gasteiger partial charge in [0, 0.05) is 37.1 Å². The summed E-state index contributed by atoms with van der Waals surface area (Å²) >= 11 is 0. The average molecular weight is 208 g/mol. The molecular formula is C11H20N4. The fourth-order valence-electron chi connectivity index (χ4n) is 1.32. The Morgan fingerprint density at radius 2 is 2.20 bits per heavy atom. The van der Waals surface area contributed by atoms with Gasteiger partial charge in [0.25, 0.3) is 0 Å². The Hall–Kier alpha value is -1.16. The van der Waals surface area contributed by atoms with E-state index >= 15 is 0 Å². The summed E-state index contributed by atoms with van der Waals surface area (Å²) in [6, 6.07) is 0.452. The molecule has 15 heavy (non-hydrogen) atoms. The van der Waals surface area contributed by atoms with Gasteiger partial charge >= 0.3 is 0 Å². The molecule has 0 aliphatic heterocycles. The zero-order valence-electron chi connectivity index (χ0n) is 9.99. The summed E-state index contributed by atoms with van der Waals surface area (Å²) in [5.74, 6) is 0.777. The van der Waals surface area contributed by atoms with Crippen LogP contribution in [0, 0.1) is 6.92 Å². The predicted molar refractivity (Wildman–Crippen MR) is 62.8 cm³/mol. The highest BCUT2D eigenvalue weighted by atomic mass is 15.2. The second-order valence-corrected chi connectivity index (χ2v) is 3.85. The summed E-state index contributed by atoms with van der Waals surface area (Å²) in [5, 5.41) is 0. The zero-order chi connectivity index (χ0) is 11.4. The molecule has 0 saturated carbocycles. The van der Waals surface area contributed by atoms with Crippen LogP contribution in [-0.4, -0.2) is 23.1 Å². The van der Waals surface area contributed by atoms with Crippen LogP contribution in [0.4, 0.5) is 5.95 Å². The molecule has 0 aliphatic carbocycles. The smallest absolute Gasteiger partial charge is 0.225 e. The maximum atomic E-state index is 5.57. The second kappa shape index (κ2) is 5.07. The van der Waals surface area contributed by atoms with E-state index in [-0.39, 0.29) is 0 Å².